The average molecular weight is 253 g/mol. The number of nitrogen functional groups attached to an aromatic ring is 1. The highest BCUT2D eigenvalue weighted by molar-refractivity contribution is 5.43. The molecule has 0 saturated carbocycles. The molecule has 1 aliphatic heterocycles. The lowest BCUT2D eigenvalue weighted by atomic mass is 10.2. The van der Waals surface area contributed by atoms with Gasteiger partial charge in [-0.05, 0) is 13.3 Å². The van der Waals surface area contributed by atoms with E-state index in [0.717, 1.165) is 13.0 Å². The zero-order valence-electron chi connectivity index (χ0n) is 10.8. The molecule has 18 heavy (non-hydrogen) atoms. The fraction of sp³-hybridized carbons (Fsp3) is 0.700. The predicted molar refractivity (Wildman–Crippen MR) is 69.4 cm³/mol. The van der Waals surface area contributed by atoms with Gasteiger partial charge in [-0.2, -0.15) is 15.0 Å². The Morgan fingerprint density at radius 2 is 2.00 bits per heavy atom. The number of hydrogen-bond donors (Lipinski definition) is 3. The van der Waals surface area contributed by atoms with Crippen molar-refractivity contribution in [3.8, 4) is 0 Å². The van der Waals surface area contributed by atoms with Gasteiger partial charge in [-0.25, -0.2) is 5.84 Å². The van der Waals surface area contributed by atoms with Crippen LogP contribution in [0.2, 0.25) is 0 Å². The van der Waals surface area contributed by atoms with Gasteiger partial charge in [-0.15, -0.1) is 0 Å². The molecule has 2 atom stereocenters. The first-order valence-electron chi connectivity index (χ1n) is 5.88. The Bertz CT molecular complexity index is 411. The number of aromatic nitrogens is 3. The van der Waals surface area contributed by atoms with Crippen LogP contribution >= 0.6 is 0 Å². The number of nitrogens with one attached hydrogen (secondary N) is 2. The van der Waals surface area contributed by atoms with Crippen LogP contribution in [0, 0.1) is 0 Å². The van der Waals surface area contributed by atoms with E-state index in [9.17, 15) is 0 Å². The van der Waals surface area contributed by atoms with Gasteiger partial charge in [0.1, 0.15) is 0 Å². The van der Waals surface area contributed by atoms with E-state index < -0.39 is 0 Å². The van der Waals surface area contributed by atoms with Crippen LogP contribution in [0.25, 0.3) is 0 Å². The Morgan fingerprint density at radius 3 is 2.56 bits per heavy atom. The van der Waals surface area contributed by atoms with Gasteiger partial charge < -0.3 is 15.0 Å². The Balaban J connectivity index is 2.18. The van der Waals surface area contributed by atoms with E-state index in [1.54, 1.807) is 4.90 Å². The summed E-state index contributed by atoms with van der Waals surface area (Å²) in [6.45, 7) is 2.78. The molecule has 0 aromatic carbocycles. The van der Waals surface area contributed by atoms with E-state index in [4.69, 9.17) is 10.6 Å². The summed E-state index contributed by atoms with van der Waals surface area (Å²) in [5.74, 6) is 6.74. The molecule has 0 aliphatic carbocycles. The summed E-state index contributed by atoms with van der Waals surface area (Å²) in [6.07, 6.45) is 1.09. The fourth-order valence-corrected chi connectivity index (χ4v) is 1.78. The third-order valence-corrected chi connectivity index (χ3v) is 2.84. The van der Waals surface area contributed by atoms with Gasteiger partial charge in [0.05, 0.1) is 12.1 Å². The van der Waals surface area contributed by atoms with Crippen LogP contribution in [0.4, 0.5) is 17.8 Å². The van der Waals surface area contributed by atoms with E-state index in [2.05, 4.69) is 25.7 Å². The minimum absolute atomic E-state index is 0.152. The van der Waals surface area contributed by atoms with Gasteiger partial charge >= 0.3 is 0 Å². The van der Waals surface area contributed by atoms with E-state index >= 15 is 0 Å². The molecule has 1 fully saturated rings. The van der Waals surface area contributed by atoms with Crippen molar-refractivity contribution in [1.29, 1.82) is 0 Å². The molecule has 2 heterocycles. The molecule has 8 nitrogen and oxygen atoms in total. The van der Waals surface area contributed by atoms with Gasteiger partial charge in [0.2, 0.25) is 17.8 Å². The van der Waals surface area contributed by atoms with Crippen molar-refractivity contribution in [3.63, 3.8) is 0 Å². The maximum absolute atomic E-state index is 5.49. The highest BCUT2D eigenvalue weighted by atomic mass is 16.5. The minimum Gasteiger partial charge on any atom is -0.376 e. The summed E-state index contributed by atoms with van der Waals surface area (Å²) in [5.41, 5.74) is 2.44. The molecule has 4 N–H and O–H groups in total. The van der Waals surface area contributed by atoms with Gasteiger partial charge in [0, 0.05) is 20.7 Å². The lowest BCUT2D eigenvalue weighted by Crippen LogP contribution is -2.28. The summed E-state index contributed by atoms with van der Waals surface area (Å²) >= 11 is 0. The van der Waals surface area contributed by atoms with Crippen molar-refractivity contribution >= 4 is 17.8 Å². The van der Waals surface area contributed by atoms with Crippen molar-refractivity contribution < 1.29 is 4.74 Å². The summed E-state index contributed by atoms with van der Waals surface area (Å²) in [6, 6.07) is 0.216. The van der Waals surface area contributed by atoms with Crippen LogP contribution in [0.1, 0.15) is 13.3 Å². The SMILES string of the molecule is CC1OCCC1Nc1nc(NN)nc(N(C)C)n1. The number of anilines is 3. The molecule has 0 radical (unpaired) electrons. The number of hydrazine groups is 1. The molecule has 0 bridgehead atoms. The molecular formula is C10H19N7O. The second-order valence-electron chi connectivity index (χ2n) is 4.44. The topological polar surface area (TPSA) is 101 Å². The average Bonchev–Trinajstić information content (AvgIpc) is 2.74. The first-order chi connectivity index (χ1) is 8.60. The molecule has 1 saturated heterocycles. The summed E-state index contributed by atoms with van der Waals surface area (Å²) in [7, 11) is 3.72. The van der Waals surface area contributed by atoms with Crippen molar-refractivity contribution in [2.24, 2.45) is 5.84 Å². The van der Waals surface area contributed by atoms with Gasteiger partial charge in [0.15, 0.2) is 0 Å². The summed E-state index contributed by atoms with van der Waals surface area (Å²) in [5, 5.41) is 3.25. The van der Waals surface area contributed by atoms with Crippen LogP contribution in [0.5, 0.6) is 0 Å². The lowest BCUT2D eigenvalue weighted by molar-refractivity contribution is 0.121. The maximum Gasteiger partial charge on any atom is 0.243 e. The zero-order chi connectivity index (χ0) is 13.1. The van der Waals surface area contributed by atoms with Gasteiger partial charge in [0.25, 0.3) is 0 Å². The molecule has 0 amide bonds. The maximum atomic E-state index is 5.49. The quantitative estimate of drug-likeness (QED) is 0.501. The first kappa shape index (κ1) is 12.8. The number of rotatable bonds is 4. The predicted octanol–water partition coefficient (Wildman–Crippen LogP) is -0.187. The third kappa shape index (κ3) is 2.77. The monoisotopic (exact) mass is 253 g/mol. The Hall–Kier alpha value is -1.67. The molecule has 1 aromatic rings. The smallest absolute Gasteiger partial charge is 0.243 e. The van der Waals surface area contributed by atoms with E-state index in [1.165, 1.54) is 0 Å². The molecule has 1 aromatic heterocycles. The highest BCUT2D eigenvalue weighted by Gasteiger charge is 2.25. The largest absolute Gasteiger partial charge is 0.376 e. The Kier molecular flexibility index (Phi) is 3.78. The first-order valence-corrected chi connectivity index (χ1v) is 5.88. The fourth-order valence-electron chi connectivity index (χ4n) is 1.78. The zero-order valence-corrected chi connectivity index (χ0v) is 10.8. The van der Waals surface area contributed by atoms with Gasteiger partial charge in [-0.3, -0.25) is 5.43 Å². The van der Waals surface area contributed by atoms with Crippen molar-refractivity contribution in [2.45, 2.75) is 25.5 Å². The number of nitrogens with two attached hydrogens (primary N) is 1. The second-order valence-corrected chi connectivity index (χ2v) is 4.44. The summed E-state index contributed by atoms with van der Waals surface area (Å²) < 4.78 is 5.49. The Morgan fingerprint density at radius 1 is 1.28 bits per heavy atom. The molecule has 1 aliphatic rings. The van der Waals surface area contributed by atoms with Crippen molar-refractivity contribution in [3.05, 3.63) is 0 Å². The van der Waals surface area contributed by atoms with E-state index in [1.807, 2.05) is 21.0 Å². The minimum atomic E-state index is 0.152. The Labute approximate surface area is 106 Å². The standard InChI is InChI=1S/C10H19N7O/c1-6-7(4-5-18-6)12-8-13-9(16-11)15-10(14-8)17(2)3/h6-7H,4-5,11H2,1-3H3,(H2,12,13,14,15,16). The number of hydrogen-bond acceptors (Lipinski definition) is 8. The van der Waals surface area contributed by atoms with Crippen LogP contribution in [0.3, 0.4) is 0 Å². The van der Waals surface area contributed by atoms with E-state index in [0.29, 0.717) is 17.8 Å². The van der Waals surface area contributed by atoms with E-state index in [-0.39, 0.29) is 12.1 Å². The molecule has 2 rings (SSSR count). The molecule has 8 heteroatoms. The molecule has 2 unspecified atom stereocenters. The normalized spacial score (nSPS) is 22.9. The highest BCUT2D eigenvalue weighted by Crippen LogP contribution is 2.18. The van der Waals surface area contributed by atoms with Gasteiger partial charge in [-0.1, -0.05) is 0 Å². The van der Waals surface area contributed by atoms with Crippen molar-refractivity contribution in [1.82, 2.24) is 15.0 Å². The second kappa shape index (κ2) is 5.32. The van der Waals surface area contributed by atoms with Crippen molar-refractivity contribution in [2.75, 3.05) is 36.3 Å². The van der Waals surface area contributed by atoms with Crippen LogP contribution in [0.15, 0.2) is 0 Å². The molecular weight excluding hydrogens is 234 g/mol. The van der Waals surface area contributed by atoms with Crippen LogP contribution in [-0.2, 0) is 4.74 Å². The summed E-state index contributed by atoms with van der Waals surface area (Å²) in [4.78, 5) is 14.4. The van der Waals surface area contributed by atoms with Crippen LogP contribution < -0.4 is 21.5 Å². The van der Waals surface area contributed by atoms with Crippen LogP contribution in [-0.4, -0.2) is 47.8 Å². The number of ether oxygens (including phenoxy) is 1. The number of nitrogens with zero attached hydrogens (tertiary/aromatic N) is 4. The molecule has 0 spiro atoms. The third-order valence-electron chi connectivity index (χ3n) is 2.84. The molecule has 100 valence electrons. The lowest BCUT2D eigenvalue weighted by Gasteiger charge is -2.18.